The normalized spacial score (nSPS) is 18.4. The van der Waals surface area contributed by atoms with Crippen molar-refractivity contribution >= 4 is 0 Å². The lowest BCUT2D eigenvalue weighted by molar-refractivity contribution is -0.190. The molecule has 1 fully saturated rings. The summed E-state index contributed by atoms with van der Waals surface area (Å²) in [5.74, 6) is -5.60. The van der Waals surface area contributed by atoms with Gasteiger partial charge in [-0.15, -0.1) is 0 Å². The number of hydrogen-bond donors (Lipinski definition) is 0. The third kappa shape index (κ3) is 5.90. The van der Waals surface area contributed by atoms with Crippen molar-refractivity contribution in [2.75, 3.05) is 6.61 Å². The molecule has 0 radical (unpaired) electrons. The summed E-state index contributed by atoms with van der Waals surface area (Å²) >= 11 is 0. The first-order chi connectivity index (χ1) is 18.1. The lowest BCUT2D eigenvalue weighted by Crippen LogP contribution is -2.25. The summed E-state index contributed by atoms with van der Waals surface area (Å²) in [4.78, 5) is 0. The van der Waals surface area contributed by atoms with E-state index in [1.807, 2.05) is 12.1 Å². The molecule has 39 heavy (non-hydrogen) atoms. The molecule has 3 aromatic carbocycles. The second kappa shape index (κ2) is 10.4. The predicted octanol–water partition coefficient (Wildman–Crippen LogP) is 9.33. The lowest BCUT2D eigenvalue weighted by Gasteiger charge is -2.28. The molecular formula is C29H26F8O2. The van der Waals surface area contributed by atoms with Gasteiger partial charge in [-0.25, -0.2) is 13.2 Å². The van der Waals surface area contributed by atoms with E-state index in [-0.39, 0.29) is 17.7 Å². The molecule has 2 nitrogen and oxygen atoms in total. The fourth-order valence-corrected chi connectivity index (χ4v) is 4.99. The van der Waals surface area contributed by atoms with Crippen molar-refractivity contribution in [3.63, 3.8) is 0 Å². The molecule has 10 heteroatoms. The molecule has 1 aliphatic heterocycles. The number of alkyl halides is 5. The maximum Gasteiger partial charge on any atom is 0.432 e. The van der Waals surface area contributed by atoms with Crippen LogP contribution >= 0.6 is 0 Å². The van der Waals surface area contributed by atoms with Crippen molar-refractivity contribution in [1.29, 1.82) is 0 Å². The fraction of sp³-hybridized carbons (Fsp3) is 0.379. The van der Waals surface area contributed by atoms with E-state index < -0.39 is 52.2 Å². The molecule has 4 rings (SSSR count). The second-order valence-corrected chi connectivity index (χ2v) is 10.0. The maximum atomic E-state index is 15.0. The smallest absolute Gasteiger partial charge is 0.429 e. The summed E-state index contributed by atoms with van der Waals surface area (Å²) < 4.78 is 123. The Morgan fingerprint density at radius 3 is 1.90 bits per heavy atom. The number of benzene rings is 3. The molecule has 210 valence electrons. The highest BCUT2D eigenvalue weighted by molar-refractivity contribution is 5.72. The Labute approximate surface area is 220 Å². The quantitative estimate of drug-likeness (QED) is 0.291. The zero-order valence-corrected chi connectivity index (χ0v) is 21.6. The Morgan fingerprint density at radius 1 is 0.795 bits per heavy atom. The first kappa shape index (κ1) is 28.9. The number of halogens is 8. The Bertz CT molecular complexity index is 1340. The van der Waals surface area contributed by atoms with Crippen LogP contribution in [0.25, 0.3) is 11.1 Å². The molecule has 0 bridgehead atoms. The van der Waals surface area contributed by atoms with Crippen LogP contribution in [0.2, 0.25) is 0 Å². The topological polar surface area (TPSA) is 18.5 Å². The van der Waals surface area contributed by atoms with Gasteiger partial charge in [0.1, 0.15) is 28.8 Å². The molecule has 0 N–H and O–H groups in total. The Hall–Kier alpha value is -3.14. The average Bonchev–Trinajstić information content (AvgIpc) is 2.79. The molecular weight excluding hydrogens is 532 g/mol. The first-order valence-electron chi connectivity index (χ1n) is 12.2. The van der Waals surface area contributed by atoms with Crippen LogP contribution in [0.15, 0.2) is 36.4 Å². The van der Waals surface area contributed by atoms with E-state index in [9.17, 15) is 26.3 Å². The van der Waals surface area contributed by atoms with Crippen molar-refractivity contribution in [1.82, 2.24) is 0 Å². The summed E-state index contributed by atoms with van der Waals surface area (Å²) in [6, 6.07) is 5.53. The molecule has 0 aliphatic carbocycles. The van der Waals surface area contributed by atoms with E-state index in [4.69, 9.17) is 4.74 Å². The zero-order chi connectivity index (χ0) is 28.9. The van der Waals surface area contributed by atoms with Gasteiger partial charge in [0.25, 0.3) is 0 Å². The van der Waals surface area contributed by atoms with Crippen molar-refractivity contribution < 1.29 is 44.6 Å². The maximum absolute atomic E-state index is 15.0. The van der Waals surface area contributed by atoms with Crippen LogP contribution in [-0.4, -0.2) is 6.61 Å². The summed E-state index contributed by atoms with van der Waals surface area (Å²) in [6.07, 6.45) is -8.12. The largest absolute Gasteiger partial charge is 0.432 e. The van der Waals surface area contributed by atoms with E-state index in [1.165, 1.54) is 0 Å². The van der Waals surface area contributed by atoms with Crippen molar-refractivity contribution in [2.45, 2.75) is 58.9 Å². The van der Waals surface area contributed by atoms with Gasteiger partial charge in [-0.2, -0.15) is 22.0 Å². The van der Waals surface area contributed by atoms with E-state index in [0.717, 1.165) is 25.3 Å². The van der Waals surface area contributed by atoms with Crippen LogP contribution in [0.3, 0.4) is 0 Å². The number of rotatable bonds is 5. The van der Waals surface area contributed by atoms with Crippen LogP contribution in [0.4, 0.5) is 35.1 Å². The molecule has 0 amide bonds. The van der Waals surface area contributed by atoms with E-state index >= 15 is 8.78 Å². The monoisotopic (exact) mass is 558 g/mol. The van der Waals surface area contributed by atoms with Crippen molar-refractivity contribution in [2.24, 2.45) is 5.92 Å². The van der Waals surface area contributed by atoms with Gasteiger partial charge in [0.15, 0.2) is 0 Å². The van der Waals surface area contributed by atoms with Crippen LogP contribution in [0.1, 0.15) is 59.3 Å². The van der Waals surface area contributed by atoms with Gasteiger partial charge >= 0.3 is 12.3 Å². The minimum atomic E-state index is -5.06. The number of hydrogen-bond acceptors (Lipinski definition) is 2. The summed E-state index contributed by atoms with van der Waals surface area (Å²) in [5, 5.41) is 0. The molecule has 1 heterocycles. The highest BCUT2D eigenvalue weighted by Gasteiger charge is 2.42. The van der Waals surface area contributed by atoms with Gasteiger partial charge in [-0.1, -0.05) is 19.1 Å². The molecule has 0 spiro atoms. The molecule has 1 saturated heterocycles. The second-order valence-electron chi connectivity index (χ2n) is 10.0. The third-order valence-corrected chi connectivity index (χ3v) is 6.92. The van der Waals surface area contributed by atoms with Gasteiger partial charge in [0.2, 0.25) is 0 Å². The summed E-state index contributed by atoms with van der Waals surface area (Å²) in [7, 11) is 0. The summed E-state index contributed by atoms with van der Waals surface area (Å²) in [6.45, 7) is 6.98. The third-order valence-electron chi connectivity index (χ3n) is 6.92. The van der Waals surface area contributed by atoms with Crippen molar-refractivity contribution in [3.05, 3.63) is 87.2 Å². The molecule has 0 aromatic heterocycles. The Kier molecular flexibility index (Phi) is 7.73. The number of ether oxygens (including phenoxy) is 2. The highest BCUT2D eigenvalue weighted by Crippen LogP contribution is 2.42. The summed E-state index contributed by atoms with van der Waals surface area (Å²) in [5.41, 5.74) is -1.56. The Morgan fingerprint density at radius 2 is 1.38 bits per heavy atom. The lowest BCUT2D eigenvalue weighted by atomic mass is 9.89. The molecule has 1 aliphatic rings. The van der Waals surface area contributed by atoms with Gasteiger partial charge in [-0.3, -0.25) is 0 Å². The van der Waals surface area contributed by atoms with E-state index in [2.05, 4.69) is 11.7 Å². The van der Waals surface area contributed by atoms with Gasteiger partial charge in [-0.05, 0) is 91.1 Å². The van der Waals surface area contributed by atoms with Crippen LogP contribution < -0.4 is 4.74 Å². The highest BCUT2D eigenvalue weighted by atomic mass is 19.4. The minimum absolute atomic E-state index is 0.00924. The van der Waals surface area contributed by atoms with Gasteiger partial charge in [0.05, 0.1) is 11.7 Å². The van der Waals surface area contributed by atoms with E-state index in [1.54, 1.807) is 13.8 Å². The SMILES string of the molecule is Cc1cc(C2CCC(C)CO2)cc(C)c1-c1cc(F)c(C(F)(F)Oc2cc(F)c(C)c(C(F)(F)F)c2)c(F)c1. The zero-order valence-electron chi connectivity index (χ0n) is 21.6. The van der Waals surface area contributed by atoms with Gasteiger partial charge < -0.3 is 9.47 Å². The van der Waals surface area contributed by atoms with Crippen LogP contribution in [0, 0.1) is 44.1 Å². The molecule has 2 atom stereocenters. The number of aryl methyl sites for hydroxylation is 2. The fourth-order valence-electron chi connectivity index (χ4n) is 4.99. The average molecular weight is 559 g/mol. The molecule has 2 unspecified atom stereocenters. The molecule has 0 saturated carbocycles. The van der Waals surface area contributed by atoms with Crippen molar-refractivity contribution in [3.8, 4) is 16.9 Å². The molecule has 3 aromatic rings. The van der Waals surface area contributed by atoms with Crippen LogP contribution in [0.5, 0.6) is 5.75 Å². The minimum Gasteiger partial charge on any atom is -0.429 e. The van der Waals surface area contributed by atoms with Crippen LogP contribution in [-0.2, 0) is 17.0 Å². The standard InChI is InChI=1S/C29H26F8O2/c1-14-5-6-25(38-13-14)18-7-15(2)26(16(3)8-18)19-9-23(31)27(24(32)10-19)29(36,37)39-20-11-21(28(33,34)35)17(4)22(30)12-20/h7-12,14,25H,5-6,13H2,1-4H3. The first-order valence-corrected chi connectivity index (χ1v) is 12.2. The Balaban J connectivity index is 1.67. The predicted molar refractivity (Wildman–Crippen MR) is 129 cm³/mol. The van der Waals surface area contributed by atoms with E-state index in [0.29, 0.717) is 47.4 Å². The van der Waals surface area contributed by atoms with Gasteiger partial charge in [0, 0.05) is 12.7 Å².